The van der Waals surface area contributed by atoms with E-state index in [-0.39, 0.29) is 24.5 Å². The molecule has 2 heterocycles. The molecule has 1 aliphatic heterocycles. The summed E-state index contributed by atoms with van der Waals surface area (Å²) < 4.78 is 40.9. The molecule has 0 saturated heterocycles. The van der Waals surface area contributed by atoms with Crippen molar-refractivity contribution >= 4 is 0 Å². The van der Waals surface area contributed by atoms with Gasteiger partial charge in [0, 0.05) is 6.42 Å². The Balaban J connectivity index is 2.06. The number of fused-ring (bicyclic) bond motifs is 1. The zero-order chi connectivity index (χ0) is 13.2. The summed E-state index contributed by atoms with van der Waals surface area (Å²) in [6.45, 7) is -0.563. The van der Waals surface area contributed by atoms with E-state index < -0.39 is 12.7 Å². The number of aromatic nitrogens is 2. The van der Waals surface area contributed by atoms with Gasteiger partial charge in [0.2, 0.25) is 0 Å². The summed E-state index contributed by atoms with van der Waals surface area (Å²) in [4.78, 5) is 18.2. The molecule has 0 spiro atoms. The quantitative estimate of drug-likeness (QED) is 0.833. The molecule has 18 heavy (non-hydrogen) atoms. The average Bonchev–Trinajstić information content (AvgIpc) is 2.27. The first-order valence-electron chi connectivity index (χ1n) is 5.42. The number of ether oxygens (including phenoxy) is 1. The van der Waals surface area contributed by atoms with Crippen LogP contribution in [0.25, 0.3) is 0 Å². The number of aromatic amines is 1. The van der Waals surface area contributed by atoms with Crippen LogP contribution in [-0.4, -0.2) is 29.3 Å². The Morgan fingerprint density at radius 2 is 2.22 bits per heavy atom. The molecule has 0 atom stereocenters. The van der Waals surface area contributed by atoms with Crippen LogP contribution in [0.1, 0.15) is 17.1 Å². The molecule has 0 unspecified atom stereocenters. The van der Waals surface area contributed by atoms with E-state index >= 15 is 0 Å². The van der Waals surface area contributed by atoms with Crippen molar-refractivity contribution in [2.24, 2.45) is 0 Å². The Labute approximate surface area is 100 Å². The molecule has 2 N–H and O–H groups in total. The topological polar surface area (TPSA) is 67.0 Å². The zero-order valence-corrected chi connectivity index (χ0v) is 9.43. The first-order chi connectivity index (χ1) is 8.46. The minimum Gasteiger partial charge on any atom is -0.376 e. The third kappa shape index (κ3) is 3.30. The SMILES string of the molecule is O=c1[nH]c(CNCC(F)(F)F)nc2c1COCC2. The van der Waals surface area contributed by atoms with Gasteiger partial charge in [-0.15, -0.1) is 0 Å². The lowest BCUT2D eigenvalue weighted by Gasteiger charge is -2.15. The summed E-state index contributed by atoms with van der Waals surface area (Å²) in [6.07, 6.45) is -3.77. The third-order valence-electron chi connectivity index (χ3n) is 2.50. The molecule has 0 bridgehead atoms. The van der Waals surface area contributed by atoms with Gasteiger partial charge in [0.25, 0.3) is 5.56 Å². The van der Waals surface area contributed by atoms with Crippen LogP contribution in [0, 0.1) is 0 Å². The molecular weight excluding hydrogens is 251 g/mol. The zero-order valence-electron chi connectivity index (χ0n) is 9.43. The lowest BCUT2D eigenvalue weighted by atomic mass is 10.1. The second kappa shape index (κ2) is 5.07. The van der Waals surface area contributed by atoms with Crippen molar-refractivity contribution in [3.05, 3.63) is 27.4 Å². The third-order valence-corrected chi connectivity index (χ3v) is 2.50. The number of alkyl halides is 3. The van der Waals surface area contributed by atoms with Gasteiger partial charge in [0.05, 0.1) is 37.6 Å². The smallest absolute Gasteiger partial charge is 0.376 e. The summed E-state index contributed by atoms with van der Waals surface area (Å²) in [5.74, 6) is 0.213. The maximum absolute atomic E-state index is 11.9. The molecule has 2 rings (SSSR count). The van der Waals surface area contributed by atoms with Crippen LogP contribution in [0.15, 0.2) is 4.79 Å². The number of hydrogen-bond donors (Lipinski definition) is 2. The molecule has 1 aromatic heterocycles. The fraction of sp³-hybridized carbons (Fsp3) is 0.600. The predicted molar refractivity (Wildman–Crippen MR) is 56.0 cm³/mol. The lowest BCUT2D eigenvalue weighted by molar-refractivity contribution is -0.125. The fourth-order valence-electron chi connectivity index (χ4n) is 1.70. The molecule has 8 heteroatoms. The van der Waals surface area contributed by atoms with Gasteiger partial charge in [-0.05, 0) is 0 Å². The van der Waals surface area contributed by atoms with Gasteiger partial charge in [-0.25, -0.2) is 4.98 Å². The minimum absolute atomic E-state index is 0.122. The second-order valence-corrected chi connectivity index (χ2v) is 3.96. The van der Waals surface area contributed by atoms with E-state index in [1.807, 2.05) is 0 Å². The summed E-state index contributed by atoms with van der Waals surface area (Å²) in [5.41, 5.74) is 0.720. The van der Waals surface area contributed by atoms with Crippen LogP contribution in [0.5, 0.6) is 0 Å². The van der Waals surface area contributed by atoms with Gasteiger partial charge in [0.15, 0.2) is 0 Å². The normalized spacial score (nSPS) is 15.5. The molecule has 0 fully saturated rings. The Morgan fingerprint density at radius 3 is 2.94 bits per heavy atom. The molecule has 1 aromatic rings. The van der Waals surface area contributed by atoms with Gasteiger partial charge in [-0.1, -0.05) is 0 Å². The maximum Gasteiger partial charge on any atom is 0.401 e. The van der Waals surface area contributed by atoms with E-state index in [0.717, 1.165) is 0 Å². The van der Waals surface area contributed by atoms with E-state index in [1.54, 1.807) is 0 Å². The number of nitrogens with one attached hydrogen (secondary N) is 2. The first kappa shape index (κ1) is 13.0. The molecule has 0 aromatic carbocycles. The Hall–Kier alpha value is -1.41. The van der Waals surface area contributed by atoms with Crippen molar-refractivity contribution in [3.8, 4) is 0 Å². The van der Waals surface area contributed by atoms with Crippen molar-refractivity contribution in [1.82, 2.24) is 15.3 Å². The van der Waals surface area contributed by atoms with E-state index in [4.69, 9.17) is 4.74 Å². The number of rotatable bonds is 3. The van der Waals surface area contributed by atoms with Crippen LogP contribution in [-0.2, 0) is 24.3 Å². The summed E-state index contributed by atoms with van der Waals surface area (Å²) in [5, 5.41) is 2.19. The second-order valence-electron chi connectivity index (χ2n) is 3.96. The van der Waals surface area contributed by atoms with Crippen molar-refractivity contribution in [2.75, 3.05) is 13.2 Å². The monoisotopic (exact) mass is 263 g/mol. The number of hydrogen-bond acceptors (Lipinski definition) is 4. The van der Waals surface area contributed by atoms with Crippen LogP contribution in [0.2, 0.25) is 0 Å². The molecule has 0 aliphatic carbocycles. The average molecular weight is 263 g/mol. The van der Waals surface area contributed by atoms with Crippen molar-refractivity contribution in [3.63, 3.8) is 0 Å². The minimum atomic E-state index is -4.28. The molecule has 1 aliphatic rings. The van der Waals surface area contributed by atoms with Gasteiger partial charge in [-0.3, -0.25) is 4.79 Å². The predicted octanol–water partition coefficient (Wildman–Crippen LogP) is 0.494. The highest BCUT2D eigenvalue weighted by molar-refractivity contribution is 5.19. The molecular formula is C10H12F3N3O2. The summed E-state index contributed by atoms with van der Waals surface area (Å²) in [7, 11) is 0. The van der Waals surface area contributed by atoms with Gasteiger partial charge < -0.3 is 15.0 Å². The highest BCUT2D eigenvalue weighted by atomic mass is 19.4. The van der Waals surface area contributed by atoms with Crippen molar-refractivity contribution in [2.45, 2.75) is 25.7 Å². The maximum atomic E-state index is 11.9. The van der Waals surface area contributed by atoms with Crippen LogP contribution in [0.3, 0.4) is 0 Å². The Kier molecular flexibility index (Phi) is 3.67. The number of halogens is 3. The van der Waals surface area contributed by atoms with Crippen molar-refractivity contribution in [1.29, 1.82) is 0 Å². The van der Waals surface area contributed by atoms with Gasteiger partial charge >= 0.3 is 6.18 Å². The van der Waals surface area contributed by atoms with Crippen LogP contribution < -0.4 is 10.9 Å². The van der Waals surface area contributed by atoms with E-state index in [9.17, 15) is 18.0 Å². The van der Waals surface area contributed by atoms with E-state index in [1.165, 1.54) is 0 Å². The van der Waals surface area contributed by atoms with Gasteiger partial charge in [-0.2, -0.15) is 13.2 Å². The Bertz CT molecular complexity index is 484. The lowest BCUT2D eigenvalue weighted by Crippen LogP contribution is -2.31. The molecule has 0 saturated carbocycles. The number of nitrogens with zero attached hydrogens (tertiary/aromatic N) is 1. The largest absolute Gasteiger partial charge is 0.401 e. The number of H-pyrrole nitrogens is 1. The highest BCUT2D eigenvalue weighted by Gasteiger charge is 2.26. The van der Waals surface area contributed by atoms with Crippen LogP contribution in [0.4, 0.5) is 13.2 Å². The molecule has 5 nitrogen and oxygen atoms in total. The van der Waals surface area contributed by atoms with Crippen LogP contribution >= 0.6 is 0 Å². The van der Waals surface area contributed by atoms with Gasteiger partial charge in [0.1, 0.15) is 5.82 Å². The first-order valence-corrected chi connectivity index (χ1v) is 5.42. The van der Waals surface area contributed by atoms with E-state index in [2.05, 4.69) is 15.3 Å². The molecule has 0 amide bonds. The molecule has 100 valence electrons. The van der Waals surface area contributed by atoms with E-state index in [0.29, 0.717) is 24.3 Å². The summed E-state index contributed by atoms with van der Waals surface area (Å²) in [6, 6.07) is 0. The Morgan fingerprint density at radius 1 is 1.44 bits per heavy atom. The highest BCUT2D eigenvalue weighted by Crippen LogP contribution is 2.13. The fourth-order valence-corrected chi connectivity index (χ4v) is 1.70. The van der Waals surface area contributed by atoms with Crippen molar-refractivity contribution < 1.29 is 17.9 Å². The summed E-state index contributed by atoms with van der Waals surface area (Å²) >= 11 is 0. The standard InChI is InChI=1S/C10H12F3N3O2/c11-10(12,13)5-14-3-8-15-7-1-2-18-4-6(7)9(17)16-8/h14H,1-5H2,(H,15,16,17). The molecule has 0 radical (unpaired) electrons.